The van der Waals surface area contributed by atoms with Crippen molar-refractivity contribution in [1.29, 1.82) is 0 Å². The number of alkyl halides is 2. The van der Waals surface area contributed by atoms with Crippen LogP contribution in [0.15, 0.2) is 30.3 Å². The van der Waals surface area contributed by atoms with Crippen LogP contribution in [0.2, 0.25) is 0 Å². The van der Waals surface area contributed by atoms with E-state index in [2.05, 4.69) is 0 Å². The third-order valence-electron chi connectivity index (χ3n) is 4.75. The van der Waals surface area contributed by atoms with Crippen molar-refractivity contribution in [3.63, 3.8) is 0 Å². The summed E-state index contributed by atoms with van der Waals surface area (Å²) in [7, 11) is 0. The first-order valence-corrected chi connectivity index (χ1v) is 8.61. The molecule has 4 atom stereocenters. The normalized spacial score (nSPS) is 39.0. The number of carbonyl (C=O) groups excluding carboxylic acids is 1. The van der Waals surface area contributed by atoms with Crippen molar-refractivity contribution in [2.45, 2.75) is 61.1 Å². The number of fused-ring (bicyclic) bond motifs is 1. The molecule has 2 saturated heterocycles. The van der Waals surface area contributed by atoms with Gasteiger partial charge < -0.3 is 18.9 Å². The molecule has 1 saturated carbocycles. The molecule has 3 fully saturated rings. The van der Waals surface area contributed by atoms with Crippen molar-refractivity contribution in [3.8, 4) is 0 Å². The van der Waals surface area contributed by atoms with Gasteiger partial charge in [-0.3, -0.25) is 4.79 Å². The van der Waals surface area contributed by atoms with Crippen LogP contribution in [0.5, 0.6) is 0 Å². The SMILES string of the molecule is CC1(C)OC2O[C@]3(CC(=O)C3(Cl)Cl)C(OCc3ccccc3)C2O1. The zero-order chi connectivity index (χ0) is 17.2. The molecule has 2 heterocycles. The summed E-state index contributed by atoms with van der Waals surface area (Å²) in [5, 5.41) is 0. The highest BCUT2D eigenvalue weighted by Gasteiger charge is 2.77. The third kappa shape index (κ3) is 2.34. The molecule has 3 unspecified atom stereocenters. The molecule has 0 aromatic heterocycles. The van der Waals surface area contributed by atoms with Crippen LogP contribution < -0.4 is 0 Å². The minimum absolute atomic E-state index is 0.0829. The zero-order valence-corrected chi connectivity index (χ0v) is 14.8. The van der Waals surface area contributed by atoms with E-state index in [1.54, 1.807) is 13.8 Å². The zero-order valence-electron chi connectivity index (χ0n) is 13.3. The lowest BCUT2D eigenvalue weighted by molar-refractivity contribution is -0.256. The van der Waals surface area contributed by atoms with Gasteiger partial charge in [-0.15, -0.1) is 0 Å². The Morgan fingerprint density at radius 3 is 2.50 bits per heavy atom. The lowest BCUT2D eigenvalue weighted by atomic mass is 9.73. The molecule has 2 aliphatic heterocycles. The van der Waals surface area contributed by atoms with Gasteiger partial charge in [0.25, 0.3) is 0 Å². The van der Waals surface area contributed by atoms with E-state index in [-0.39, 0.29) is 12.2 Å². The van der Waals surface area contributed by atoms with Gasteiger partial charge in [-0.25, -0.2) is 0 Å². The number of hydrogen-bond acceptors (Lipinski definition) is 5. The van der Waals surface area contributed by atoms with Gasteiger partial charge in [0.05, 0.1) is 6.61 Å². The maximum Gasteiger partial charge on any atom is 0.207 e. The first-order chi connectivity index (χ1) is 11.3. The Balaban J connectivity index is 1.60. The molecule has 1 spiro atoms. The molecule has 3 aliphatic rings. The fourth-order valence-corrected chi connectivity index (χ4v) is 4.14. The number of Topliss-reactive ketones (excluding diaryl/α,β-unsaturated/α-hetero) is 1. The standard InChI is InChI=1S/C17H18Cl2O5/c1-15(2)22-12-13(21-9-10-6-4-3-5-7-10)16(24-14(12)23-15)8-11(20)17(16,18)19/h3-7,12-14H,8-9H2,1-2H3/t12?,13?,14?,16-/m1/s1. The van der Waals surface area contributed by atoms with Gasteiger partial charge >= 0.3 is 0 Å². The van der Waals surface area contributed by atoms with Crippen molar-refractivity contribution in [1.82, 2.24) is 0 Å². The van der Waals surface area contributed by atoms with Gasteiger partial charge in [-0.2, -0.15) is 0 Å². The smallest absolute Gasteiger partial charge is 0.207 e. The first kappa shape index (κ1) is 16.8. The summed E-state index contributed by atoms with van der Waals surface area (Å²) in [6, 6.07) is 9.71. The van der Waals surface area contributed by atoms with Crippen LogP contribution in [0, 0.1) is 0 Å². The molecule has 1 aromatic rings. The lowest BCUT2D eigenvalue weighted by Crippen LogP contribution is -2.70. The fraction of sp³-hybridized carbons (Fsp3) is 0.588. The largest absolute Gasteiger partial charge is 0.367 e. The van der Waals surface area contributed by atoms with Gasteiger partial charge in [0.1, 0.15) is 17.8 Å². The third-order valence-corrected chi connectivity index (χ3v) is 5.81. The second-order valence-corrected chi connectivity index (χ2v) is 8.19. The maximum absolute atomic E-state index is 11.9. The van der Waals surface area contributed by atoms with Crippen molar-refractivity contribution in [3.05, 3.63) is 35.9 Å². The summed E-state index contributed by atoms with van der Waals surface area (Å²) in [4.78, 5) is 11.9. The van der Waals surface area contributed by atoms with Gasteiger partial charge in [-0.1, -0.05) is 53.5 Å². The van der Waals surface area contributed by atoms with Crippen LogP contribution in [0.3, 0.4) is 0 Å². The van der Waals surface area contributed by atoms with Gasteiger partial charge in [-0.05, 0) is 19.4 Å². The monoisotopic (exact) mass is 372 g/mol. The van der Waals surface area contributed by atoms with E-state index in [4.69, 9.17) is 42.1 Å². The molecule has 130 valence electrons. The van der Waals surface area contributed by atoms with Crippen molar-refractivity contribution < 1.29 is 23.7 Å². The molecule has 4 rings (SSSR count). The fourth-order valence-electron chi connectivity index (χ4n) is 3.57. The van der Waals surface area contributed by atoms with Gasteiger partial charge in [0.15, 0.2) is 17.9 Å². The minimum Gasteiger partial charge on any atom is -0.367 e. The van der Waals surface area contributed by atoms with E-state index in [1.165, 1.54) is 0 Å². The van der Waals surface area contributed by atoms with Crippen molar-refractivity contribution >= 4 is 29.0 Å². The number of ketones is 1. The van der Waals surface area contributed by atoms with Crippen molar-refractivity contribution in [2.75, 3.05) is 0 Å². The molecule has 5 nitrogen and oxygen atoms in total. The highest BCUT2D eigenvalue weighted by Crippen LogP contribution is 2.60. The molecule has 24 heavy (non-hydrogen) atoms. The second kappa shape index (κ2) is 5.40. The van der Waals surface area contributed by atoms with Crippen LogP contribution in [0.1, 0.15) is 25.8 Å². The summed E-state index contributed by atoms with van der Waals surface area (Å²) in [6.07, 6.45) is -1.67. The summed E-state index contributed by atoms with van der Waals surface area (Å²) in [5.41, 5.74) is -0.150. The average molecular weight is 373 g/mol. The number of halogens is 2. The Bertz CT molecular complexity index is 662. The predicted molar refractivity (Wildman–Crippen MR) is 86.7 cm³/mol. The summed E-state index contributed by atoms with van der Waals surface area (Å²) in [6.45, 7) is 3.94. The Morgan fingerprint density at radius 1 is 1.17 bits per heavy atom. The predicted octanol–water partition coefficient (Wildman–Crippen LogP) is 2.97. The minimum atomic E-state index is -1.66. The Labute approximate surface area is 150 Å². The molecule has 1 aromatic carbocycles. The number of benzene rings is 1. The molecule has 7 heteroatoms. The second-order valence-electron chi connectivity index (χ2n) is 6.87. The number of carbonyl (C=O) groups is 1. The maximum atomic E-state index is 11.9. The van der Waals surface area contributed by atoms with Crippen LogP contribution in [-0.4, -0.2) is 40.0 Å². The summed E-state index contributed by atoms with van der Waals surface area (Å²) < 4.78 is 22.1. The van der Waals surface area contributed by atoms with E-state index in [0.717, 1.165) is 5.56 Å². The van der Waals surface area contributed by atoms with E-state index in [9.17, 15) is 4.79 Å². The van der Waals surface area contributed by atoms with Gasteiger partial charge in [0, 0.05) is 6.42 Å². The molecule has 0 amide bonds. The Kier molecular flexibility index (Phi) is 3.77. The summed E-state index contributed by atoms with van der Waals surface area (Å²) >= 11 is 12.6. The van der Waals surface area contributed by atoms with Crippen LogP contribution in [0.25, 0.3) is 0 Å². The lowest BCUT2D eigenvalue weighted by Gasteiger charge is -2.50. The molecule has 0 N–H and O–H groups in total. The molecule has 1 aliphatic carbocycles. The van der Waals surface area contributed by atoms with E-state index in [1.807, 2.05) is 30.3 Å². The van der Waals surface area contributed by atoms with Crippen molar-refractivity contribution in [2.24, 2.45) is 0 Å². The first-order valence-electron chi connectivity index (χ1n) is 7.85. The van der Waals surface area contributed by atoms with E-state index in [0.29, 0.717) is 6.61 Å². The number of hydrogen-bond donors (Lipinski definition) is 0. The summed E-state index contributed by atoms with van der Waals surface area (Å²) in [5.74, 6) is -1.07. The highest BCUT2D eigenvalue weighted by atomic mass is 35.5. The van der Waals surface area contributed by atoms with Crippen LogP contribution in [-0.2, 0) is 30.3 Å². The average Bonchev–Trinajstić information content (AvgIpc) is 2.97. The van der Waals surface area contributed by atoms with Crippen LogP contribution in [0.4, 0.5) is 0 Å². The molecule has 0 radical (unpaired) electrons. The Morgan fingerprint density at radius 2 is 1.88 bits per heavy atom. The quantitative estimate of drug-likeness (QED) is 0.763. The molecular formula is C17H18Cl2O5. The Hall–Kier alpha value is -0.690. The highest BCUT2D eigenvalue weighted by molar-refractivity contribution is 6.61. The van der Waals surface area contributed by atoms with Gasteiger partial charge in [0.2, 0.25) is 4.33 Å². The number of rotatable bonds is 3. The van der Waals surface area contributed by atoms with E-state index < -0.39 is 34.2 Å². The topological polar surface area (TPSA) is 54.0 Å². The molecule has 0 bridgehead atoms. The van der Waals surface area contributed by atoms with Crippen LogP contribution >= 0.6 is 23.2 Å². The molecular weight excluding hydrogens is 355 g/mol. The number of ether oxygens (including phenoxy) is 4. The van der Waals surface area contributed by atoms with E-state index >= 15 is 0 Å².